The van der Waals surface area contributed by atoms with Crippen LogP contribution in [0.1, 0.15) is 23.4 Å². The summed E-state index contributed by atoms with van der Waals surface area (Å²) in [5, 5.41) is 8.89. The van der Waals surface area contributed by atoms with Crippen LogP contribution in [0, 0.1) is 6.92 Å². The minimum absolute atomic E-state index is 0.0279. The Hall–Kier alpha value is -2.81. The van der Waals surface area contributed by atoms with Gasteiger partial charge in [0.1, 0.15) is 12.1 Å². The molecule has 2 aliphatic rings. The summed E-state index contributed by atoms with van der Waals surface area (Å²) in [7, 11) is 0. The van der Waals surface area contributed by atoms with Gasteiger partial charge >= 0.3 is 0 Å². The minimum Gasteiger partial charge on any atom is -0.354 e. The van der Waals surface area contributed by atoms with Crippen LogP contribution in [0.15, 0.2) is 23.3 Å². The number of piperazine rings is 1. The molecule has 1 aliphatic carbocycles. The van der Waals surface area contributed by atoms with Crippen LogP contribution in [0.2, 0.25) is 0 Å². The molecule has 0 bridgehead atoms. The number of aromatic nitrogens is 6. The first-order chi connectivity index (χ1) is 13.7. The Labute approximate surface area is 162 Å². The van der Waals surface area contributed by atoms with Crippen molar-refractivity contribution < 1.29 is 0 Å². The Morgan fingerprint density at radius 3 is 2.79 bits per heavy atom. The maximum atomic E-state index is 12.3. The monoisotopic (exact) mass is 380 g/mol. The summed E-state index contributed by atoms with van der Waals surface area (Å²) in [6.45, 7) is 7.17. The molecule has 0 amide bonds. The predicted molar refractivity (Wildman–Crippen MR) is 105 cm³/mol. The molecule has 1 aliphatic heterocycles. The van der Waals surface area contributed by atoms with Crippen LogP contribution >= 0.6 is 0 Å². The SMILES string of the molecule is Cc1cc(N2CCN(CCn3nc4c(cc3=O)CCC4)CC2)n2ncnc2n1. The summed E-state index contributed by atoms with van der Waals surface area (Å²) in [4.78, 5) is 25.6. The maximum absolute atomic E-state index is 12.3. The van der Waals surface area contributed by atoms with Gasteiger partial charge in [-0.15, -0.1) is 0 Å². The van der Waals surface area contributed by atoms with Gasteiger partial charge in [0.2, 0.25) is 0 Å². The highest BCUT2D eigenvalue weighted by molar-refractivity contribution is 5.47. The van der Waals surface area contributed by atoms with Crippen LogP contribution in [0.4, 0.5) is 5.82 Å². The van der Waals surface area contributed by atoms with Crippen molar-refractivity contribution in [1.82, 2.24) is 34.3 Å². The van der Waals surface area contributed by atoms with E-state index < -0.39 is 0 Å². The van der Waals surface area contributed by atoms with Crippen LogP contribution in [0.3, 0.4) is 0 Å². The predicted octanol–water partition coefficient (Wildman–Crippen LogP) is 0.300. The van der Waals surface area contributed by atoms with Crippen LogP contribution in [-0.4, -0.2) is 67.0 Å². The second-order valence-electron chi connectivity index (χ2n) is 7.59. The number of hydrogen-bond acceptors (Lipinski definition) is 7. The van der Waals surface area contributed by atoms with Crippen molar-refractivity contribution in [3.63, 3.8) is 0 Å². The van der Waals surface area contributed by atoms with E-state index in [1.54, 1.807) is 21.6 Å². The highest BCUT2D eigenvalue weighted by Crippen LogP contribution is 2.18. The summed E-state index contributed by atoms with van der Waals surface area (Å²) in [5.41, 5.74) is 3.22. The largest absolute Gasteiger partial charge is 0.354 e. The average Bonchev–Trinajstić information content (AvgIpc) is 3.34. The van der Waals surface area contributed by atoms with Gasteiger partial charge in [-0.05, 0) is 31.7 Å². The second kappa shape index (κ2) is 6.97. The normalized spacial score (nSPS) is 17.4. The molecular weight excluding hydrogens is 356 g/mol. The zero-order valence-electron chi connectivity index (χ0n) is 16.1. The smallest absolute Gasteiger partial charge is 0.267 e. The molecule has 28 heavy (non-hydrogen) atoms. The zero-order valence-corrected chi connectivity index (χ0v) is 16.1. The molecule has 0 aromatic carbocycles. The number of anilines is 1. The van der Waals surface area contributed by atoms with E-state index in [4.69, 9.17) is 0 Å². The van der Waals surface area contributed by atoms with Gasteiger partial charge < -0.3 is 4.90 Å². The highest BCUT2D eigenvalue weighted by atomic mass is 16.1. The topological polar surface area (TPSA) is 84.5 Å². The lowest BCUT2D eigenvalue weighted by atomic mass is 10.2. The number of rotatable bonds is 4. The molecule has 9 nitrogen and oxygen atoms in total. The van der Waals surface area contributed by atoms with E-state index in [-0.39, 0.29) is 5.56 Å². The van der Waals surface area contributed by atoms with E-state index in [1.807, 2.05) is 6.92 Å². The van der Waals surface area contributed by atoms with E-state index in [0.29, 0.717) is 12.3 Å². The van der Waals surface area contributed by atoms with Gasteiger partial charge in [-0.2, -0.15) is 19.7 Å². The van der Waals surface area contributed by atoms with Crippen LogP contribution in [0.25, 0.3) is 5.78 Å². The van der Waals surface area contributed by atoms with Gasteiger partial charge in [-0.3, -0.25) is 9.69 Å². The van der Waals surface area contributed by atoms with Crippen molar-refractivity contribution in [3.05, 3.63) is 45.8 Å². The molecule has 5 rings (SSSR count). The lowest BCUT2D eigenvalue weighted by molar-refractivity contribution is 0.241. The molecule has 9 heteroatoms. The Morgan fingerprint density at radius 2 is 1.93 bits per heavy atom. The highest BCUT2D eigenvalue weighted by Gasteiger charge is 2.21. The second-order valence-corrected chi connectivity index (χ2v) is 7.59. The van der Waals surface area contributed by atoms with E-state index in [9.17, 15) is 4.79 Å². The molecule has 0 unspecified atom stereocenters. The number of aryl methyl sites for hydroxylation is 3. The van der Waals surface area contributed by atoms with Crippen molar-refractivity contribution in [1.29, 1.82) is 0 Å². The molecule has 1 fully saturated rings. The lowest BCUT2D eigenvalue weighted by Crippen LogP contribution is -2.48. The van der Waals surface area contributed by atoms with Gasteiger partial charge in [-0.1, -0.05) is 0 Å². The molecule has 4 heterocycles. The summed E-state index contributed by atoms with van der Waals surface area (Å²) in [6.07, 6.45) is 4.65. The fourth-order valence-electron chi connectivity index (χ4n) is 4.17. The quantitative estimate of drug-likeness (QED) is 0.644. The van der Waals surface area contributed by atoms with E-state index in [1.165, 1.54) is 0 Å². The van der Waals surface area contributed by atoms with E-state index in [2.05, 4.69) is 36.0 Å². The number of nitrogens with zero attached hydrogens (tertiary/aromatic N) is 8. The Bertz CT molecular complexity index is 1060. The van der Waals surface area contributed by atoms with Gasteiger partial charge in [0.15, 0.2) is 0 Å². The molecule has 0 N–H and O–H groups in total. The number of hydrogen-bond donors (Lipinski definition) is 0. The van der Waals surface area contributed by atoms with Gasteiger partial charge in [-0.25, -0.2) is 9.67 Å². The Kier molecular flexibility index (Phi) is 4.31. The first-order valence-corrected chi connectivity index (χ1v) is 9.92. The minimum atomic E-state index is 0.0279. The molecule has 3 aromatic heterocycles. The van der Waals surface area contributed by atoms with E-state index >= 15 is 0 Å². The van der Waals surface area contributed by atoms with Crippen LogP contribution in [0.5, 0.6) is 0 Å². The van der Waals surface area contributed by atoms with Crippen molar-refractivity contribution in [2.75, 3.05) is 37.6 Å². The molecule has 0 saturated carbocycles. The summed E-state index contributed by atoms with van der Waals surface area (Å²) in [5.74, 6) is 1.68. The van der Waals surface area contributed by atoms with Crippen LogP contribution < -0.4 is 10.5 Å². The third kappa shape index (κ3) is 3.15. The molecular formula is C19H24N8O. The van der Waals surface area contributed by atoms with Gasteiger partial charge in [0.25, 0.3) is 11.3 Å². The van der Waals surface area contributed by atoms with Gasteiger partial charge in [0, 0.05) is 50.6 Å². The first-order valence-electron chi connectivity index (χ1n) is 9.92. The molecule has 146 valence electrons. The molecule has 0 atom stereocenters. The third-order valence-corrected chi connectivity index (χ3v) is 5.71. The van der Waals surface area contributed by atoms with Crippen molar-refractivity contribution in [3.8, 4) is 0 Å². The average molecular weight is 380 g/mol. The number of fused-ring (bicyclic) bond motifs is 2. The molecule has 0 radical (unpaired) electrons. The van der Waals surface area contributed by atoms with Crippen molar-refractivity contribution in [2.45, 2.75) is 32.7 Å². The van der Waals surface area contributed by atoms with E-state index in [0.717, 1.165) is 74.8 Å². The fourth-order valence-corrected chi connectivity index (χ4v) is 4.17. The Balaban J connectivity index is 1.23. The lowest BCUT2D eigenvalue weighted by Gasteiger charge is -2.35. The third-order valence-electron chi connectivity index (χ3n) is 5.71. The summed E-state index contributed by atoms with van der Waals surface area (Å²) >= 11 is 0. The zero-order chi connectivity index (χ0) is 19.1. The summed E-state index contributed by atoms with van der Waals surface area (Å²) < 4.78 is 3.44. The maximum Gasteiger partial charge on any atom is 0.267 e. The first kappa shape index (κ1) is 17.3. The van der Waals surface area contributed by atoms with Crippen LogP contribution in [-0.2, 0) is 19.4 Å². The van der Waals surface area contributed by atoms with Crippen molar-refractivity contribution in [2.24, 2.45) is 0 Å². The molecule has 3 aromatic rings. The Morgan fingerprint density at radius 1 is 1.07 bits per heavy atom. The molecule has 1 saturated heterocycles. The van der Waals surface area contributed by atoms with Gasteiger partial charge in [0.05, 0.1) is 12.2 Å². The van der Waals surface area contributed by atoms with Crippen molar-refractivity contribution >= 4 is 11.6 Å². The summed E-state index contributed by atoms with van der Waals surface area (Å²) in [6, 6.07) is 3.84. The fraction of sp³-hybridized carbons (Fsp3) is 0.526. The standard InChI is InChI=1S/C19H24N8O/c1-14-11-17(27-19(22-14)20-13-21-27)25-8-5-24(6-9-25)7-10-26-18(28)12-15-3-2-4-16(15)23-26/h11-13H,2-10H2,1H3. The molecule has 0 spiro atoms.